The molecule has 8 nitrogen and oxygen atoms in total. The Morgan fingerprint density at radius 3 is 2.71 bits per heavy atom. The van der Waals surface area contributed by atoms with Crippen LogP contribution < -0.4 is 27.4 Å². The summed E-state index contributed by atoms with van der Waals surface area (Å²) in [5.74, 6) is -0.183. The number of primary amides is 1. The van der Waals surface area contributed by atoms with Gasteiger partial charge in [0.1, 0.15) is 0 Å². The molecule has 2 aromatic rings. The summed E-state index contributed by atoms with van der Waals surface area (Å²) in [4.78, 5) is 23.0. The number of urea groups is 1. The first kappa shape index (κ1) is 20.2. The van der Waals surface area contributed by atoms with E-state index in [1.165, 1.54) is 10.9 Å². The van der Waals surface area contributed by atoms with E-state index in [4.69, 9.17) is 11.5 Å². The van der Waals surface area contributed by atoms with E-state index in [1.807, 2.05) is 6.07 Å². The molecule has 0 saturated carbocycles. The summed E-state index contributed by atoms with van der Waals surface area (Å²) >= 11 is 0. The second kappa shape index (κ2) is 9.57. The Labute approximate surface area is 165 Å². The lowest BCUT2D eigenvalue weighted by molar-refractivity contribution is -0.122. The molecular weight excluding hydrogens is 356 g/mol. The minimum atomic E-state index is -0.604. The highest BCUT2D eigenvalue weighted by molar-refractivity contribution is 5.85. The molecule has 1 aliphatic rings. The van der Waals surface area contributed by atoms with Crippen molar-refractivity contribution in [3.63, 3.8) is 0 Å². The number of nitrogens with zero attached hydrogens (tertiary/aromatic N) is 1. The number of fused-ring (bicyclic) bond motifs is 1. The number of aromatic nitrogens is 1. The summed E-state index contributed by atoms with van der Waals surface area (Å²) in [6.45, 7) is 2.93. The summed E-state index contributed by atoms with van der Waals surface area (Å²) in [5, 5.41) is 10.0. The fourth-order valence-electron chi connectivity index (χ4n) is 3.78. The van der Waals surface area contributed by atoms with Gasteiger partial charge in [0, 0.05) is 36.2 Å². The molecule has 0 bridgehead atoms. The SMILES string of the molecule is NC(=O)NCCCC(N)C(=O)NCc1cn(C2CCNCC2)c2ccccc12. The molecule has 1 unspecified atom stereocenters. The first-order valence-corrected chi connectivity index (χ1v) is 9.92. The van der Waals surface area contributed by atoms with Gasteiger partial charge in [0.05, 0.1) is 6.04 Å². The summed E-state index contributed by atoms with van der Waals surface area (Å²) in [6.07, 6.45) is 5.47. The number of rotatable bonds is 8. The maximum atomic E-state index is 12.3. The van der Waals surface area contributed by atoms with Gasteiger partial charge in [-0.1, -0.05) is 18.2 Å². The van der Waals surface area contributed by atoms with Crippen molar-refractivity contribution < 1.29 is 9.59 Å². The predicted octanol–water partition coefficient (Wildman–Crippen LogP) is 0.958. The zero-order valence-electron chi connectivity index (χ0n) is 16.1. The van der Waals surface area contributed by atoms with E-state index in [0.717, 1.165) is 31.5 Å². The zero-order chi connectivity index (χ0) is 19.9. The van der Waals surface area contributed by atoms with Crippen molar-refractivity contribution >= 4 is 22.8 Å². The van der Waals surface area contributed by atoms with Gasteiger partial charge >= 0.3 is 6.03 Å². The number of carbonyl (C=O) groups excluding carboxylic acids is 2. The van der Waals surface area contributed by atoms with E-state index in [2.05, 4.69) is 44.9 Å². The molecule has 0 aliphatic carbocycles. The molecule has 0 radical (unpaired) electrons. The van der Waals surface area contributed by atoms with E-state index in [1.54, 1.807) is 0 Å². The zero-order valence-corrected chi connectivity index (χ0v) is 16.1. The Balaban J connectivity index is 1.61. The number of piperidine rings is 1. The average molecular weight is 387 g/mol. The minimum Gasteiger partial charge on any atom is -0.352 e. The Bertz CT molecular complexity index is 812. The highest BCUT2D eigenvalue weighted by Gasteiger charge is 2.19. The second-order valence-electron chi connectivity index (χ2n) is 7.32. The van der Waals surface area contributed by atoms with Crippen molar-refractivity contribution in [2.45, 2.75) is 44.3 Å². The first-order chi connectivity index (χ1) is 13.6. The minimum absolute atomic E-state index is 0.183. The molecule has 0 spiro atoms. The number of benzene rings is 1. The van der Waals surface area contributed by atoms with Crippen LogP contribution in [0.5, 0.6) is 0 Å². The third kappa shape index (κ3) is 5.02. The van der Waals surface area contributed by atoms with Gasteiger partial charge in [-0.25, -0.2) is 4.79 Å². The third-order valence-electron chi connectivity index (χ3n) is 5.31. The van der Waals surface area contributed by atoms with Gasteiger partial charge in [0.15, 0.2) is 0 Å². The molecule has 1 fully saturated rings. The molecule has 3 rings (SSSR count). The van der Waals surface area contributed by atoms with Crippen LogP contribution in [-0.4, -0.2) is 42.2 Å². The van der Waals surface area contributed by atoms with Gasteiger partial charge in [-0.15, -0.1) is 0 Å². The molecule has 1 aliphatic heterocycles. The average Bonchev–Trinajstić information content (AvgIpc) is 3.08. The quantitative estimate of drug-likeness (QED) is 0.433. The van der Waals surface area contributed by atoms with Crippen LogP contribution in [0.3, 0.4) is 0 Å². The number of nitrogens with one attached hydrogen (secondary N) is 3. The molecule has 8 heteroatoms. The van der Waals surface area contributed by atoms with Crippen molar-refractivity contribution in [1.29, 1.82) is 0 Å². The lowest BCUT2D eigenvalue weighted by Gasteiger charge is -2.25. The fraction of sp³-hybridized carbons (Fsp3) is 0.500. The van der Waals surface area contributed by atoms with Crippen LogP contribution in [0.1, 0.15) is 37.3 Å². The first-order valence-electron chi connectivity index (χ1n) is 9.92. The van der Waals surface area contributed by atoms with Gasteiger partial charge in [-0.05, 0) is 50.4 Å². The number of amides is 3. The molecule has 1 saturated heterocycles. The van der Waals surface area contributed by atoms with E-state index in [-0.39, 0.29) is 5.91 Å². The molecule has 28 heavy (non-hydrogen) atoms. The van der Waals surface area contributed by atoms with Crippen molar-refractivity contribution in [2.24, 2.45) is 11.5 Å². The highest BCUT2D eigenvalue weighted by atomic mass is 16.2. The van der Waals surface area contributed by atoms with E-state index in [0.29, 0.717) is 32.0 Å². The van der Waals surface area contributed by atoms with Gasteiger partial charge in [-0.3, -0.25) is 4.79 Å². The summed E-state index contributed by atoms with van der Waals surface area (Å²) < 4.78 is 2.35. The molecule has 1 aromatic heterocycles. The Morgan fingerprint density at radius 1 is 1.21 bits per heavy atom. The number of carbonyl (C=O) groups is 2. The predicted molar refractivity (Wildman–Crippen MR) is 110 cm³/mol. The Kier molecular flexibility index (Phi) is 6.89. The molecule has 1 aromatic carbocycles. The number of hydrogen-bond donors (Lipinski definition) is 5. The molecule has 2 heterocycles. The van der Waals surface area contributed by atoms with Crippen molar-refractivity contribution in [2.75, 3.05) is 19.6 Å². The van der Waals surface area contributed by atoms with E-state index >= 15 is 0 Å². The summed E-state index contributed by atoms with van der Waals surface area (Å²) in [5.41, 5.74) is 13.3. The van der Waals surface area contributed by atoms with Gasteiger partial charge < -0.3 is 32.0 Å². The molecule has 7 N–H and O–H groups in total. The smallest absolute Gasteiger partial charge is 0.312 e. The summed E-state index contributed by atoms with van der Waals surface area (Å²) in [7, 11) is 0. The summed E-state index contributed by atoms with van der Waals surface area (Å²) in [6, 6.07) is 7.63. The van der Waals surface area contributed by atoms with Crippen molar-refractivity contribution in [3.8, 4) is 0 Å². The number of para-hydroxylation sites is 1. The lowest BCUT2D eigenvalue weighted by atomic mass is 10.1. The van der Waals surface area contributed by atoms with Crippen LogP contribution in [-0.2, 0) is 11.3 Å². The third-order valence-corrected chi connectivity index (χ3v) is 5.31. The molecule has 3 amide bonds. The van der Waals surface area contributed by atoms with Crippen LogP contribution >= 0.6 is 0 Å². The van der Waals surface area contributed by atoms with Gasteiger partial charge in [-0.2, -0.15) is 0 Å². The lowest BCUT2D eigenvalue weighted by Crippen LogP contribution is -2.41. The number of nitrogens with two attached hydrogens (primary N) is 2. The second-order valence-corrected chi connectivity index (χ2v) is 7.32. The van der Waals surface area contributed by atoms with Crippen LogP contribution in [0.25, 0.3) is 10.9 Å². The van der Waals surface area contributed by atoms with Crippen molar-refractivity contribution in [1.82, 2.24) is 20.5 Å². The maximum Gasteiger partial charge on any atom is 0.312 e. The van der Waals surface area contributed by atoms with Gasteiger partial charge in [0.25, 0.3) is 0 Å². The van der Waals surface area contributed by atoms with E-state index < -0.39 is 12.1 Å². The van der Waals surface area contributed by atoms with Crippen LogP contribution in [0.2, 0.25) is 0 Å². The highest BCUT2D eigenvalue weighted by Crippen LogP contribution is 2.28. The van der Waals surface area contributed by atoms with Crippen molar-refractivity contribution in [3.05, 3.63) is 36.0 Å². The van der Waals surface area contributed by atoms with Crippen LogP contribution in [0.4, 0.5) is 4.79 Å². The molecule has 152 valence electrons. The number of hydrogen-bond acceptors (Lipinski definition) is 4. The van der Waals surface area contributed by atoms with Crippen LogP contribution in [0.15, 0.2) is 30.5 Å². The standard InChI is InChI=1S/C20H30N6O2/c21-17(5-3-9-24-20(22)28)19(27)25-12-14-13-26(15-7-10-23-11-8-15)18-6-2-1-4-16(14)18/h1-2,4,6,13,15,17,23H,3,5,7-12,21H2,(H,25,27)(H3,22,24,28). The van der Waals surface area contributed by atoms with Crippen LogP contribution in [0, 0.1) is 0 Å². The largest absolute Gasteiger partial charge is 0.352 e. The van der Waals surface area contributed by atoms with E-state index in [9.17, 15) is 9.59 Å². The monoisotopic (exact) mass is 386 g/mol. The molecular formula is C20H30N6O2. The van der Waals surface area contributed by atoms with Gasteiger partial charge in [0.2, 0.25) is 5.91 Å². The Hall–Kier alpha value is -2.58. The topological polar surface area (TPSA) is 127 Å². The normalized spacial score (nSPS) is 16.0. The molecule has 1 atom stereocenters. The Morgan fingerprint density at radius 2 is 1.96 bits per heavy atom. The fourth-order valence-corrected chi connectivity index (χ4v) is 3.78. The maximum absolute atomic E-state index is 12.3.